The molecular formula is C47H74N8O15S. The van der Waals surface area contributed by atoms with Crippen LogP contribution in [0.15, 0.2) is 24.3 Å². The van der Waals surface area contributed by atoms with Gasteiger partial charge in [0.2, 0.25) is 33.7 Å². The van der Waals surface area contributed by atoms with Gasteiger partial charge in [0.25, 0.3) is 0 Å². The van der Waals surface area contributed by atoms with Crippen LogP contribution in [0.5, 0.6) is 0 Å². The van der Waals surface area contributed by atoms with Crippen LogP contribution in [-0.4, -0.2) is 143 Å². The number of sulfonamides is 1. The van der Waals surface area contributed by atoms with Crippen molar-refractivity contribution in [3.8, 4) is 0 Å². The topological polar surface area (TPSA) is 349 Å². The normalized spacial score (nSPS) is 11.8. The number of H-pyrrole nitrogens is 1. The number of unbranched alkanes of at least 4 members (excludes halogenated alkanes) is 1. The summed E-state index contributed by atoms with van der Waals surface area (Å²) < 4.78 is 36.4. The van der Waals surface area contributed by atoms with Crippen molar-refractivity contribution in [2.75, 3.05) is 45.3 Å². The molecule has 0 aliphatic rings. The number of amides is 4. The van der Waals surface area contributed by atoms with Crippen LogP contribution in [-0.2, 0) is 70.7 Å². The SMILES string of the molecule is CCCC(=O)CCC(NC(=O)CC[C@H](CC(=O)CCCNC(=O)CCCS(=O)(=O)NC(=O)CCCc1nn[nH]n1)C(=O)O)C(=O)O.CCCCc1ccc(C(=O)CCCNC(=O)COCCOCC)cc1. The Labute approximate surface area is 415 Å². The van der Waals surface area contributed by atoms with Crippen LogP contribution in [0.2, 0.25) is 0 Å². The molecule has 1 aromatic carbocycles. The van der Waals surface area contributed by atoms with Gasteiger partial charge in [-0.3, -0.25) is 43.1 Å². The van der Waals surface area contributed by atoms with E-state index in [1.54, 1.807) is 0 Å². The molecule has 1 aromatic heterocycles. The number of aliphatic carboxylic acids is 2. The third-order valence-corrected chi connectivity index (χ3v) is 11.8. The molecule has 0 radical (unpaired) electrons. The lowest BCUT2D eigenvalue weighted by molar-refractivity contribution is -0.145. The molecule has 0 spiro atoms. The van der Waals surface area contributed by atoms with Gasteiger partial charge in [-0.1, -0.05) is 49.7 Å². The predicted molar refractivity (Wildman–Crippen MR) is 258 cm³/mol. The maximum atomic E-state index is 12.3. The van der Waals surface area contributed by atoms with E-state index in [-0.39, 0.29) is 94.8 Å². The predicted octanol–water partition coefficient (Wildman–Crippen LogP) is 2.97. The average molecular weight is 1020 g/mol. The number of carboxylic acids is 2. The fraction of sp³-hybridized carbons (Fsp3) is 0.660. The minimum Gasteiger partial charge on any atom is -0.481 e. The largest absolute Gasteiger partial charge is 0.481 e. The van der Waals surface area contributed by atoms with E-state index in [1.807, 2.05) is 42.8 Å². The van der Waals surface area contributed by atoms with Crippen LogP contribution in [0.25, 0.3) is 0 Å². The molecule has 1 unspecified atom stereocenters. The third-order valence-electron chi connectivity index (χ3n) is 10.5. The molecule has 2 atom stereocenters. The number of hydrogen-bond acceptors (Lipinski definition) is 16. The number of carbonyl (C=O) groups is 9. The number of aromatic nitrogens is 4. The van der Waals surface area contributed by atoms with E-state index in [9.17, 15) is 61.8 Å². The van der Waals surface area contributed by atoms with E-state index in [0.717, 1.165) is 12.0 Å². The molecule has 1 heterocycles. The summed E-state index contributed by atoms with van der Waals surface area (Å²) in [5, 5.41) is 39.4. The number of Topliss-reactive ketones (excluding diaryl/α,β-unsaturated/α-hetero) is 3. The number of ketones is 3. The summed E-state index contributed by atoms with van der Waals surface area (Å²) in [5.41, 5.74) is 2.01. The molecule has 0 aliphatic carbocycles. The summed E-state index contributed by atoms with van der Waals surface area (Å²) in [7, 11) is -3.93. The Morgan fingerprint density at radius 2 is 1.34 bits per heavy atom. The second-order valence-corrected chi connectivity index (χ2v) is 18.5. The zero-order valence-electron chi connectivity index (χ0n) is 41.3. The Balaban J connectivity index is 0.000000846. The molecule has 2 rings (SSSR count). The Morgan fingerprint density at radius 1 is 0.662 bits per heavy atom. The van der Waals surface area contributed by atoms with Gasteiger partial charge < -0.3 is 35.6 Å². The molecule has 4 amide bonds. The first kappa shape index (κ1) is 63.0. The number of benzene rings is 1. The smallest absolute Gasteiger partial charge is 0.326 e. The summed E-state index contributed by atoms with van der Waals surface area (Å²) in [5.74, 6) is -6.24. The van der Waals surface area contributed by atoms with Crippen molar-refractivity contribution < 1.29 is 71.3 Å². The van der Waals surface area contributed by atoms with Crippen molar-refractivity contribution in [1.82, 2.24) is 41.3 Å². The third kappa shape index (κ3) is 32.5. The standard InChI is InChI=1S/C27H43N7O11S.C20H31NO4/c1-2-6-19(35)12-13-21(27(42)43)29-24(38)14-11-18(26(40)41)17-20(36)7-4-15-28-23(37)10-5-16-46(44,45)32-25(39)9-3-8-22-30-33-34-31-22;1-3-5-7-17-9-11-18(12-10-17)19(22)8-6-13-21-20(23)16-25-15-14-24-4-2/h18,21H,2-17H2,1H3,(H,28,37)(H,29,38)(H,32,39)(H,40,41)(H,42,43)(H,30,31,33,34);9-12H,3-8,13-16H2,1-2H3,(H,21,23)/t18-,21?;/m1./s1. The fourth-order valence-corrected chi connectivity index (χ4v) is 7.64. The van der Waals surface area contributed by atoms with E-state index < -0.39 is 63.2 Å². The average Bonchev–Trinajstić information content (AvgIpc) is 3.85. The van der Waals surface area contributed by atoms with E-state index in [2.05, 4.69) is 43.5 Å². The molecule has 0 bridgehead atoms. The first-order valence-corrected chi connectivity index (χ1v) is 25.9. The van der Waals surface area contributed by atoms with Crippen molar-refractivity contribution in [2.45, 2.75) is 149 Å². The number of carboxylic acid groups (broad SMARTS) is 2. The van der Waals surface area contributed by atoms with E-state index in [1.165, 1.54) is 18.4 Å². The molecular weight excluding hydrogens is 949 g/mol. The number of carbonyl (C=O) groups excluding carboxylic acids is 7. The molecule has 398 valence electrons. The van der Waals surface area contributed by atoms with Gasteiger partial charge in [0, 0.05) is 83.0 Å². The summed E-state index contributed by atoms with van der Waals surface area (Å²) in [6, 6.07) is 6.58. The number of aryl methyl sites for hydroxylation is 2. The van der Waals surface area contributed by atoms with Gasteiger partial charge in [-0.15, -0.1) is 10.2 Å². The molecule has 2 aromatic rings. The Kier molecular flexibility index (Phi) is 33.5. The number of hydrogen-bond donors (Lipinski definition) is 7. The lowest BCUT2D eigenvalue weighted by atomic mass is 9.95. The minimum absolute atomic E-state index is 0.00878. The lowest BCUT2D eigenvalue weighted by Crippen LogP contribution is -2.41. The van der Waals surface area contributed by atoms with Crippen LogP contribution in [0.3, 0.4) is 0 Å². The number of ether oxygens (including phenoxy) is 2. The van der Waals surface area contributed by atoms with Crippen molar-refractivity contribution in [2.24, 2.45) is 5.92 Å². The van der Waals surface area contributed by atoms with Crippen molar-refractivity contribution in [3.63, 3.8) is 0 Å². The Bertz CT molecular complexity index is 2050. The summed E-state index contributed by atoms with van der Waals surface area (Å²) >= 11 is 0. The zero-order valence-corrected chi connectivity index (χ0v) is 42.1. The van der Waals surface area contributed by atoms with E-state index >= 15 is 0 Å². The summed E-state index contributed by atoms with van der Waals surface area (Å²) in [6.07, 6.45) is 4.98. The number of rotatable bonds is 40. The van der Waals surface area contributed by atoms with Gasteiger partial charge in [0.15, 0.2) is 11.6 Å². The highest BCUT2D eigenvalue weighted by Gasteiger charge is 2.25. The van der Waals surface area contributed by atoms with Crippen LogP contribution >= 0.6 is 0 Å². The molecule has 23 nitrogen and oxygen atoms in total. The van der Waals surface area contributed by atoms with Gasteiger partial charge in [0.05, 0.1) is 24.9 Å². The number of aromatic amines is 1. The molecule has 7 N–H and O–H groups in total. The van der Waals surface area contributed by atoms with Crippen LogP contribution < -0.4 is 20.7 Å². The van der Waals surface area contributed by atoms with Gasteiger partial charge >= 0.3 is 11.9 Å². The Hall–Kier alpha value is -6.01. The fourth-order valence-electron chi connectivity index (χ4n) is 6.56. The van der Waals surface area contributed by atoms with Crippen LogP contribution in [0, 0.1) is 5.92 Å². The quantitative estimate of drug-likeness (QED) is 0.0373. The van der Waals surface area contributed by atoms with Gasteiger partial charge in [-0.25, -0.2) is 13.2 Å². The van der Waals surface area contributed by atoms with Crippen LogP contribution in [0.4, 0.5) is 0 Å². The maximum Gasteiger partial charge on any atom is 0.326 e. The molecule has 0 fully saturated rings. The highest BCUT2D eigenvalue weighted by molar-refractivity contribution is 7.90. The summed E-state index contributed by atoms with van der Waals surface area (Å²) in [4.78, 5) is 107. The minimum atomic E-state index is -3.93. The maximum absolute atomic E-state index is 12.3. The van der Waals surface area contributed by atoms with Gasteiger partial charge in [-0.05, 0) is 70.3 Å². The zero-order chi connectivity index (χ0) is 52.9. The lowest BCUT2D eigenvalue weighted by Gasteiger charge is -2.16. The monoisotopic (exact) mass is 1020 g/mol. The van der Waals surface area contributed by atoms with E-state index in [4.69, 9.17) is 9.47 Å². The Morgan fingerprint density at radius 3 is 1.97 bits per heavy atom. The highest BCUT2D eigenvalue weighted by atomic mass is 32.2. The molecule has 0 saturated heterocycles. The molecule has 0 aliphatic heterocycles. The van der Waals surface area contributed by atoms with Gasteiger partial charge in [-0.2, -0.15) is 5.21 Å². The van der Waals surface area contributed by atoms with E-state index in [0.29, 0.717) is 70.7 Å². The number of tetrazole rings is 1. The first-order valence-electron chi connectivity index (χ1n) is 24.2. The second-order valence-electron chi connectivity index (χ2n) is 16.6. The highest BCUT2D eigenvalue weighted by Crippen LogP contribution is 2.15. The molecule has 24 heteroatoms. The number of nitrogens with zero attached hydrogens (tertiary/aromatic N) is 3. The van der Waals surface area contributed by atoms with Crippen molar-refractivity contribution >= 4 is 62.9 Å². The second kappa shape index (κ2) is 37.8. The first-order chi connectivity index (χ1) is 33.9. The molecule has 71 heavy (non-hydrogen) atoms. The van der Waals surface area contributed by atoms with Gasteiger partial charge in [0.1, 0.15) is 24.2 Å². The number of nitrogens with one attached hydrogen (secondary N) is 5. The molecule has 0 saturated carbocycles. The van der Waals surface area contributed by atoms with Crippen molar-refractivity contribution in [1.29, 1.82) is 0 Å². The summed E-state index contributed by atoms with van der Waals surface area (Å²) in [6.45, 7) is 8.04. The van der Waals surface area contributed by atoms with Crippen LogP contribution in [0.1, 0.15) is 152 Å². The van der Waals surface area contributed by atoms with Crippen molar-refractivity contribution in [3.05, 3.63) is 41.2 Å².